The Morgan fingerprint density at radius 1 is 1.29 bits per heavy atom. The molecule has 0 aromatic heterocycles. The summed E-state index contributed by atoms with van der Waals surface area (Å²) in [6.07, 6.45) is 1.54. The van der Waals surface area contributed by atoms with E-state index in [0.717, 1.165) is 5.56 Å². The molecule has 1 aromatic carbocycles. The number of carbonyl (C=O) groups excluding carboxylic acids is 1. The number of hydrogen-bond acceptors (Lipinski definition) is 2. The van der Waals surface area contributed by atoms with Gasteiger partial charge in [-0.25, -0.2) is 0 Å². The zero-order valence-electron chi connectivity index (χ0n) is 8.66. The van der Waals surface area contributed by atoms with E-state index in [2.05, 4.69) is 0 Å². The van der Waals surface area contributed by atoms with Crippen LogP contribution < -0.4 is 0 Å². The molecular weight excluding hydrogens is 196 g/mol. The van der Waals surface area contributed by atoms with E-state index in [4.69, 9.17) is 0 Å². The Hall–Kier alpha value is -0.960. The van der Waals surface area contributed by atoms with Gasteiger partial charge in [-0.3, -0.25) is 9.00 Å². The Morgan fingerprint density at radius 2 is 1.93 bits per heavy atom. The van der Waals surface area contributed by atoms with Gasteiger partial charge in [0.15, 0.2) is 5.78 Å². The normalized spacial score (nSPS) is 12.5. The van der Waals surface area contributed by atoms with E-state index >= 15 is 0 Å². The average molecular weight is 210 g/mol. The average Bonchev–Trinajstić information content (AvgIpc) is 2.08. The molecule has 0 radical (unpaired) electrons. The van der Waals surface area contributed by atoms with E-state index in [1.54, 1.807) is 12.3 Å². The highest BCUT2D eigenvalue weighted by molar-refractivity contribution is 7.85. The van der Waals surface area contributed by atoms with Gasteiger partial charge < -0.3 is 0 Å². The highest BCUT2D eigenvalue weighted by Crippen LogP contribution is 2.10. The number of rotatable bonds is 3. The lowest BCUT2D eigenvalue weighted by Crippen LogP contribution is -2.09. The van der Waals surface area contributed by atoms with Crippen LogP contribution in [0.25, 0.3) is 0 Å². The Labute approximate surface area is 86.8 Å². The van der Waals surface area contributed by atoms with Crippen LogP contribution in [0.5, 0.6) is 0 Å². The van der Waals surface area contributed by atoms with Crippen LogP contribution in [0.15, 0.2) is 18.2 Å². The molecule has 1 unspecified atom stereocenters. The van der Waals surface area contributed by atoms with Crippen molar-refractivity contribution in [1.82, 2.24) is 0 Å². The number of aryl methyl sites for hydroxylation is 2. The summed E-state index contributed by atoms with van der Waals surface area (Å²) in [5, 5.41) is 0. The van der Waals surface area contributed by atoms with Crippen LogP contribution in [-0.2, 0) is 10.8 Å². The molecule has 0 spiro atoms. The number of benzene rings is 1. The van der Waals surface area contributed by atoms with Gasteiger partial charge in [0.05, 0.1) is 5.75 Å². The fraction of sp³-hybridized carbons (Fsp3) is 0.364. The van der Waals surface area contributed by atoms with Crippen LogP contribution in [0.4, 0.5) is 0 Å². The van der Waals surface area contributed by atoms with Crippen molar-refractivity contribution in [1.29, 1.82) is 0 Å². The maximum Gasteiger partial charge on any atom is 0.175 e. The van der Waals surface area contributed by atoms with Crippen molar-refractivity contribution < 1.29 is 9.00 Å². The van der Waals surface area contributed by atoms with Gasteiger partial charge in [-0.15, -0.1) is 0 Å². The molecule has 0 heterocycles. The minimum absolute atomic E-state index is 0.0473. The maximum atomic E-state index is 11.5. The molecular formula is C11H14O2S. The summed E-state index contributed by atoms with van der Waals surface area (Å²) in [5.41, 5.74) is 2.92. The smallest absolute Gasteiger partial charge is 0.175 e. The van der Waals surface area contributed by atoms with E-state index in [1.165, 1.54) is 5.56 Å². The lowest BCUT2D eigenvalue weighted by molar-refractivity contribution is 0.102. The van der Waals surface area contributed by atoms with Crippen molar-refractivity contribution >= 4 is 16.6 Å². The first-order valence-electron chi connectivity index (χ1n) is 4.41. The highest BCUT2D eigenvalue weighted by atomic mass is 32.2. The molecule has 3 heteroatoms. The third-order valence-corrected chi connectivity index (χ3v) is 2.83. The highest BCUT2D eigenvalue weighted by Gasteiger charge is 2.08. The molecule has 1 atom stereocenters. The summed E-state index contributed by atoms with van der Waals surface area (Å²) >= 11 is 0. The molecule has 0 aliphatic rings. The van der Waals surface area contributed by atoms with Crippen molar-refractivity contribution in [3.05, 3.63) is 34.9 Å². The van der Waals surface area contributed by atoms with Gasteiger partial charge in [0.2, 0.25) is 0 Å². The fourth-order valence-corrected chi connectivity index (χ4v) is 1.72. The van der Waals surface area contributed by atoms with Gasteiger partial charge in [-0.05, 0) is 31.0 Å². The molecule has 1 aromatic rings. The quantitative estimate of drug-likeness (QED) is 0.714. The minimum Gasteiger partial charge on any atom is -0.293 e. The van der Waals surface area contributed by atoms with Crippen LogP contribution in [0.2, 0.25) is 0 Å². The topological polar surface area (TPSA) is 34.1 Å². The van der Waals surface area contributed by atoms with Crippen LogP contribution in [0.1, 0.15) is 21.5 Å². The van der Waals surface area contributed by atoms with E-state index in [0.29, 0.717) is 5.56 Å². The predicted octanol–water partition coefficient (Wildman–Crippen LogP) is 1.86. The first-order chi connectivity index (χ1) is 6.50. The van der Waals surface area contributed by atoms with Crippen molar-refractivity contribution in [2.75, 3.05) is 12.0 Å². The van der Waals surface area contributed by atoms with Crippen molar-refractivity contribution in [2.24, 2.45) is 0 Å². The molecule has 0 fully saturated rings. The first kappa shape index (κ1) is 11.1. The van der Waals surface area contributed by atoms with Gasteiger partial charge in [0, 0.05) is 22.6 Å². The van der Waals surface area contributed by atoms with Crippen LogP contribution >= 0.6 is 0 Å². The summed E-state index contributed by atoms with van der Waals surface area (Å²) in [6.45, 7) is 3.97. The largest absolute Gasteiger partial charge is 0.293 e. The lowest BCUT2D eigenvalue weighted by Gasteiger charge is -2.03. The summed E-state index contributed by atoms with van der Waals surface area (Å²) in [6, 6.07) is 5.56. The second-order valence-corrected chi connectivity index (χ2v) is 4.87. The second kappa shape index (κ2) is 4.51. The number of carbonyl (C=O) groups is 1. The van der Waals surface area contributed by atoms with E-state index in [-0.39, 0.29) is 11.5 Å². The molecule has 0 amide bonds. The fourth-order valence-electron chi connectivity index (χ4n) is 1.18. The Morgan fingerprint density at radius 3 is 2.43 bits per heavy atom. The number of hydrogen-bond donors (Lipinski definition) is 0. The predicted molar refractivity (Wildman–Crippen MR) is 59.2 cm³/mol. The first-order valence-corrected chi connectivity index (χ1v) is 6.14. The van der Waals surface area contributed by atoms with Crippen LogP contribution in [0.3, 0.4) is 0 Å². The van der Waals surface area contributed by atoms with Gasteiger partial charge in [0.1, 0.15) is 0 Å². The standard InChI is InChI=1S/C11H14O2S/c1-8-4-5-10(6-9(8)2)11(12)7-14(3)13/h4-6H,7H2,1-3H3. The van der Waals surface area contributed by atoms with Crippen molar-refractivity contribution in [3.8, 4) is 0 Å². The van der Waals surface area contributed by atoms with E-state index in [9.17, 15) is 9.00 Å². The molecule has 0 bridgehead atoms. The van der Waals surface area contributed by atoms with Gasteiger partial charge in [0.25, 0.3) is 0 Å². The summed E-state index contributed by atoms with van der Waals surface area (Å²) in [5.74, 6) is 0.0663. The Kier molecular flexibility index (Phi) is 3.58. The van der Waals surface area contributed by atoms with E-state index in [1.807, 2.05) is 26.0 Å². The van der Waals surface area contributed by atoms with Crippen LogP contribution in [0, 0.1) is 13.8 Å². The molecule has 2 nitrogen and oxygen atoms in total. The second-order valence-electron chi connectivity index (χ2n) is 3.44. The third-order valence-electron chi connectivity index (χ3n) is 2.16. The zero-order chi connectivity index (χ0) is 10.7. The van der Waals surface area contributed by atoms with Crippen molar-refractivity contribution in [3.63, 3.8) is 0 Å². The molecule has 14 heavy (non-hydrogen) atoms. The molecule has 0 aliphatic heterocycles. The van der Waals surface area contributed by atoms with Gasteiger partial charge in [-0.2, -0.15) is 0 Å². The number of Topliss-reactive ketones (excluding diaryl/α,β-unsaturated/α-hetero) is 1. The number of ketones is 1. The van der Waals surface area contributed by atoms with Gasteiger partial charge >= 0.3 is 0 Å². The lowest BCUT2D eigenvalue weighted by atomic mass is 10.0. The molecule has 0 N–H and O–H groups in total. The van der Waals surface area contributed by atoms with E-state index < -0.39 is 10.8 Å². The summed E-state index contributed by atoms with van der Waals surface area (Å²) in [7, 11) is -1.06. The SMILES string of the molecule is Cc1ccc(C(=O)CS(C)=O)cc1C. The maximum absolute atomic E-state index is 11.5. The van der Waals surface area contributed by atoms with Gasteiger partial charge in [-0.1, -0.05) is 12.1 Å². The zero-order valence-corrected chi connectivity index (χ0v) is 9.48. The summed E-state index contributed by atoms with van der Waals surface area (Å²) < 4.78 is 10.9. The molecule has 76 valence electrons. The third kappa shape index (κ3) is 2.77. The Balaban J connectivity index is 2.91. The molecule has 0 aliphatic carbocycles. The monoisotopic (exact) mass is 210 g/mol. The minimum atomic E-state index is -1.06. The molecule has 0 saturated heterocycles. The van der Waals surface area contributed by atoms with Crippen molar-refractivity contribution in [2.45, 2.75) is 13.8 Å². The molecule has 0 saturated carbocycles. The molecule has 1 rings (SSSR count). The Bertz CT molecular complexity index is 383. The van der Waals surface area contributed by atoms with Crippen LogP contribution in [-0.4, -0.2) is 22.0 Å². The summed E-state index contributed by atoms with van der Waals surface area (Å²) in [4.78, 5) is 11.5.